The summed E-state index contributed by atoms with van der Waals surface area (Å²) in [5.74, 6) is 0. The summed E-state index contributed by atoms with van der Waals surface area (Å²) in [6, 6.07) is 15.3. The van der Waals surface area contributed by atoms with E-state index in [-0.39, 0.29) is 0 Å². The molecule has 1 atom stereocenters. The molecule has 0 fully saturated rings. The third kappa shape index (κ3) is 1.56. The first kappa shape index (κ1) is 8.27. The molecule has 2 aromatic carbocycles. The van der Waals surface area contributed by atoms with E-state index in [1.807, 2.05) is 0 Å². The van der Waals surface area contributed by atoms with Gasteiger partial charge in [-0.15, -0.1) is 0 Å². The van der Waals surface area contributed by atoms with Gasteiger partial charge in [0.2, 0.25) is 0 Å². The standard InChI is InChI=1S/C12H13N/c1-9(13)11-7-6-10-4-2-3-5-12(10)8-11/h2-9H,13H2,1H3/p+1/t9-/m0/s1. The van der Waals surface area contributed by atoms with Crippen LogP contribution in [0.2, 0.25) is 0 Å². The molecule has 0 spiro atoms. The minimum Gasteiger partial charge on any atom is -0.352 e. The molecule has 0 aromatic heterocycles. The second-order valence-corrected chi connectivity index (χ2v) is 3.51. The third-order valence-corrected chi connectivity index (χ3v) is 2.34. The van der Waals surface area contributed by atoms with Crippen LogP contribution in [0.5, 0.6) is 0 Å². The van der Waals surface area contributed by atoms with Gasteiger partial charge < -0.3 is 5.73 Å². The lowest BCUT2D eigenvalue weighted by atomic mass is 10.0. The molecule has 0 aliphatic carbocycles. The van der Waals surface area contributed by atoms with Crippen LogP contribution in [0.25, 0.3) is 10.8 Å². The fraction of sp³-hybridized carbons (Fsp3) is 0.167. The largest absolute Gasteiger partial charge is 0.352 e. The highest BCUT2D eigenvalue weighted by molar-refractivity contribution is 5.83. The lowest BCUT2D eigenvalue weighted by Crippen LogP contribution is -2.51. The molecule has 13 heavy (non-hydrogen) atoms. The van der Waals surface area contributed by atoms with Crippen LogP contribution >= 0.6 is 0 Å². The van der Waals surface area contributed by atoms with E-state index < -0.39 is 0 Å². The van der Waals surface area contributed by atoms with Crippen LogP contribution in [0.4, 0.5) is 0 Å². The number of quaternary nitrogens is 1. The minimum atomic E-state index is 0.365. The zero-order valence-corrected chi connectivity index (χ0v) is 7.83. The van der Waals surface area contributed by atoms with Gasteiger partial charge in [0.25, 0.3) is 0 Å². The summed E-state index contributed by atoms with van der Waals surface area (Å²) in [4.78, 5) is 0. The normalized spacial score (nSPS) is 13.1. The van der Waals surface area contributed by atoms with Crippen molar-refractivity contribution in [3.8, 4) is 0 Å². The number of fused-ring (bicyclic) bond motifs is 1. The lowest BCUT2D eigenvalue weighted by molar-refractivity contribution is -0.420. The molecule has 66 valence electrons. The molecule has 0 unspecified atom stereocenters. The predicted molar refractivity (Wildman–Crippen MR) is 55.3 cm³/mol. The number of benzene rings is 2. The quantitative estimate of drug-likeness (QED) is 0.682. The van der Waals surface area contributed by atoms with Gasteiger partial charge in [-0.25, -0.2) is 0 Å². The zero-order chi connectivity index (χ0) is 9.26. The lowest BCUT2D eigenvalue weighted by Gasteiger charge is -2.03. The molecule has 0 saturated heterocycles. The average molecular weight is 172 g/mol. The van der Waals surface area contributed by atoms with Gasteiger partial charge >= 0.3 is 0 Å². The van der Waals surface area contributed by atoms with Crippen LogP contribution in [-0.2, 0) is 0 Å². The Kier molecular flexibility index (Phi) is 2.03. The molecule has 0 bridgehead atoms. The van der Waals surface area contributed by atoms with E-state index in [1.165, 1.54) is 16.3 Å². The first-order valence-electron chi connectivity index (χ1n) is 4.59. The maximum absolute atomic E-state index is 4.02. The molecular formula is C12H14N+. The summed E-state index contributed by atoms with van der Waals surface area (Å²) in [5, 5.41) is 2.60. The van der Waals surface area contributed by atoms with E-state index in [9.17, 15) is 0 Å². The Hall–Kier alpha value is -1.34. The third-order valence-electron chi connectivity index (χ3n) is 2.34. The van der Waals surface area contributed by atoms with E-state index in [4.69, 9.17) is 0 Å². The van der Waals surface area contributed by atoms with Gasteiger partial charge in [0.05, 0.1) is 0 Å². The molecule has 0 aliphatic heterocycles. The Bertz CT molecular complexity index is 418. The van der Waals surface area contributed by atoms with Crippen molar-refractivity contribution < 1.29 is 5.73 Å². The van der Waals surface area contributed by atoms with Crippen molar-refractivity contribution in [2.75, 3.05) is 0 Å². The van der Waals surface area contributed by atoms with E-state index in [0.717, 1.165) is 0 Å². The van der Waals surface area contributed by atoms with Gasteiger partial charge in [-0.2, -0.15) is 0 Å². The van der Waals surface area contributed by atoms with Crippen molar-refractivity contribution in [2.24, 2.45) is 0 Å². The highest BCUT2D eigenvalue weighted by atomic mass is 14.6. The first-order chi connectivity index (χ1) is 6.27. The molecule has 3 N–H and O–H groups in total. The van der Waals surface area contributed by atoms with Gasteiger partial charge in [-0.1, -0.05) is 36.4 Å². The SMILES string of the molecule is C[C@H]([NH3+])c1ccc2ccccc2c1. The smallest absolute Gasteiger partial charge is 0.107 e. The molecule has 0 radical (unpaired) electrons. The molecule has 2 aromatic rings. The fourth-order valence-corrected chi connectivity index (χ4v) is 1.51. The van der Waals surface area contributed by atoms with Gasteiger partial charge in [0.15, 0.2) is 0 Å². The van der Waals surface area contributed by atoms with Crippen molar-refractivity contribution in [1.82, 2.24) is 0 Å². The summed E-state index contributed by atoms with van der Waals surface area (Å²) < 4.78 is 0. The fourth-order valence-electron chi connectivity index (χ4n) is 1.51. The molecule has 2 rings (SSSR count). The second-order valence-electron chi connectivity index (χ2n) is 3.51. The van der Waals surface area contributed by atoms with Crippen molar-refractivity contribution >= 4 is 10.8 Å². The van der Waals surface area contributed by atoms with Gasteiger partial charge in [0, 0.05) is 5.56 Å². The monoisotopic (exact) mass is 172 g/mol. The van der Waals surface area contributed by atoms with E-state index >= 15 is 0 Å². The summed E-state index contributed by atoms with van der Waals surface area (Å²) in [6.07, 6.45) is 0. The van der Waals surface area contributed by atoms with Crippen molar-refractivity contribution in [1.29, 1.82) is 0 Å². The van der Waals surface area contributed by atoms with Crippen LogP contribution in [0.15, 0.2) is 42.5 Å². The topological polar surface area (TPSA) is 27.6 Å². The highest BCUT2D eigenvalue weighted by Gasteiger charge is 2.02. The van der Waals surface area contributed by atoms with Gasteiger partial charge in [-0.3, -0.25) is 0 Å². The summed E-state index contributed by atoms with van der Waals surface area (Å²) in [7, 11) is 0. The summed E-state index contributed by atoms with van der Waals surface area (Å²) >= 11 is 0. The van der Waals surface area contributed by atoms with Gasteiger partial charge in [-0.05, 0) is 23.8 Å². The van der Waals surface area contributed by atoms with E-state index in [1.54, 1.807) is 0 Å². The molecule has 0 heterocycles. The minimum absolute atomic E-state index is 0.365. The Morgan fingerprint density at radius 3 is 2.38 bits per heavy atom. The van der Waals surface area contributed by atoms with Crippen LogP contribution in [0, 0.1) is 0 Å². The van der Waals surface area contributed by atoms with Crippen molar-refractivity contribution in [2.45, 2.75) is 13.0 Å². The number of rotatable bonds is 1. The Balaban J connectivity index is 2.62. The molecule has 1 heteroatoms. The molecule has 0 aliphatic rings. The van der Waals surface area contributed by atoms with Crippen molar-refractivity contribution in [3.05, 3.63) is 48.0 Å². The summed E-state index contributed by atoms with van der Waals surface area (Å²) in [5.41, 5.74) is 5.32. The van der Waals surface area contributed by atoms with Gasteiger partial charge in [0.1, 0.15) is 6.04 Å². The Morgan fingerprint density at radius 1 is 1.00 bits per heavy atom. The predicted octanol–water partition coefficient (Wildman–Crippen LogP) is 2.14. The average Bonchev–Trinajstić information content (AvgIpc) is 2.17. The maximum Gasteiger partial charge on any atom is 0.107 e. The Labute approximate surface area is 78.2 Å². The number of hydrogen-bond donors (Lipinski definition) is 1. The molecule has 1 nitrogen and oxygen atoms in total. The van der Waals surface area contributed by atoms with Crippen molar-refractivity contribution in [3.63, 3.8) is 0 Å². The van der Waals surface area contributed by atoms with Crippen LogP contribution < -0.4 is 5.73 Å². The highest BCUT2D eigenvalue weighted by Crippen LogP contribution is 2.17. The summed E-state index contributed by atoms with van der Waals surface area (Å²) in [6.45, 7) is 2.12. The molecule has 0 saturated carbocycles. The number of hydrogen-bond acceptors (Lipinski definition) is 0. The first-order valence-corrected chi connectivity index (χ1v) is 4.59. The molecule has 0 amide bonds. The zero-order valence-electron chi connectivity index (χ0n) is 7.83. The van der Waals surface area contributed by atoms with Crippen LogP contribution in [-0.4, -0.2) is 0 Å². The van der Waals surface area contributed by atoms with Crippen LogP contribution in [0.1, 0.15) is 18.5 Å². The molecular weight excluding hydrogens is 158 g/mol. The van der Waals surface area contributed by atoms with Crippen LogP contribution in [0.3, 0.4) is 0 Å². The van der Waals surface area contributed by atoms with E-state index in [0.29, 0.717) is 6.04 Å². The van der Waals surface area contributed by atoms with E-state index in [2.05, 4.69) is 55.1 Å². The second kappa shape index (κ2) is 3.19. The maximum atomic E-state index is 4.02. The Morgan fingerprint density at radius 2 is 1.69 bits per heavy atom.